The normalized spacial score (nSPS) is 11.9. The predicted molar refractivity (Wildman–Crippen MR) is 140 cm³/mol. The van der Waals surface area contributed by atoms with Gasteiger partial charge in [-0.25, -0.2) is 0 Å². The number of phenolic OH excluding ortho intramolecular Hbond substituents is 1. The molecule has 5 rings (SSSR count). The first kappa shape index (κ1) is 22.6. The molecule has 178 valence electrons. The van der Waals surface area contributed by atoms with E-state index in [9.17, 15) is 10.2 Å². The number of phenols is 1. The third-order valence-corrected chi connectivity index (χ3v) is 6.51. The van der Waals surface area contributed by atoms with E-state index in [2.05, 4.69) is 9.97 Å². The van der Waals surface area contributed by atoms with E-state index in [-0.39, 0.29) is 12.4 Å². The van der Waals surface area contributed by atoms with Crippen molar-refractivity contribution in [2.24, 2.45) is 0 Å². The monoisotopic (exact) mass is 468 g/mol. The Balaban J connectivity index is 1.89. The summed E-state index contributed by atoms with van der Waals surface area (Å²) in [4.78, 5) is 6.62. The first-order valence-corrected chi connectivity index (χ1v) is 11.5. The minimum Gasteiger partial charge on any atom is -0.504 e. The average molecular weight is 469 g/mol. The fraction of sp³-hybridized carbons (Fsp3) is 0.172. The number of aliphatic hydroxyl groups is 1. The number of fused-ring (bicyclic) bond motifs is 2. The highest BCUT2D eigenvalue weighted by Gasteiger charge is 2.29. The van der Waals surface area contributed by atoms with Crippen LogP contribution in [0.3, 0.4) is 0 Å². The number of rotatable bonds is 7. The van der Waals surface area contributed by atoms with Crippen molar-refractivity contribution in [3.8, 4) is 39.5 Å². The van der Waals surface area contributed by atoms with E-state index in [4.69, 9.17) is 9.47 Å². The first-order valence-electron chi connectivity index (χ1n) is 11.5. The Hall–Kier alpha value is -4.16. The van der Waals surface area contributed by atoms with Crippen molar-refractivity contribution in [3.05, 3.63) is 78.1 Å². The Kier molecular flexibility index (Phi) is 5.97. The van der Waals surface area contributed by atoms with Crippen molar-refractivity contribution in [3.63, 3.8) is 0 Å². The molecule has 0 radical (unpaired) electrons. The number of benzene rings is 3. The van der Waals surface area contributed by atoms with Crippen LogP contribution in [0.4, 0.5) is 0 Å². The SMILES string of the molecule is COc1c(CC=C(C)CO)c(-c2c[nH]c3ccccc23)c(OC)c(O)c1-c1c[nH]c2ccccc12. The molecule has 35 heavy (non-hydrogen) atoms. The lowest BCUT2D eigenvalue weighted by Crippen LogP contribution is -2.02. The highest BCUT2D eigenvalue weighted by atomic mass is 16.5. The van der Waals surface area contributed by atoms with Gasteiger partial charge >= 0.3 is 0 Å². The van der Waals surface area contributed by atoms with Crippen LogP contribution in [0, 0.1) is 0 Å². The molecule has 0 aliphatic heterocycles. The van der Waals surface area contributed by atoms with Gasteiger partial charge in [0.05, 0.1) is 26.4 Å². The Morgan fingerprint density at radius 2 is 1.37 bits per heavy atom. The molecule has 0 aliphatic carbocycles. The van der Waals surface area contributed by atoms with Crippen LogP contribution >= 0.6 is 0 Å². The van der Waals surface area contributed by atoms with Crippen molar-refractivity contribution in [1.82, 2.24) is 9.97 Å². The molecule has 4 N–H and O–H groups in total. The molecule has 0 saturated heterocycles. The smallest absolute Gasteiger partial charge is 0.170 e. The highest BCUT2D eigenvalue weighted by molar-refractivity contribution is 6.04. The molecule has 3 aromatic carbocycles. The van der Waals surface area contributed by atoms with Crippen LogP contribution in [0.1, 0.15) is 12.5 Å². The third kappa shape index (κ3) is 3.72. The molecule has 0 amide bonds. The molecule has 2 heterocycles. The number of aromatic nitrogens is 2. The Morgan fingerprint density at radius 3 is 1.91 bits per heavy atom. The Labute approximate surface area is 203 Å². The topological polar surface area (TPSA) is 90.5 Å². The molecule has 2 aromatic heterocycles. The Bertz CT molecular complexity index is 1560. The van der Waals surface area contributed by atoms with Crippen LogP contribution in [0.5, 0.6) is 17.2 Å². The van der Waals surface area contributed by atoms with Gasteiger partial charge in [0.1, 0.15) is 5.75 Å². The van der Waals surface area contributed by atoms with Crippen LogP contribution in [0.25, 0.3) is 44.1 Å². The van der Waals surface area contributed by atoms with E-state index in [1.807, 2.05) is 73.9 Å². The Morgan fingerprint density at radius 1 is 0.829 bits per heavy atom. The fourth-order valence-electron chi connectivity index (χ4n) is 4.79. The van der Waals surface area contributed by atoms with Crippen LogP contribution in [0.2, 0.25) is 0 Å². The van der Waals surface area contributed by atoms with E-state index in [1.165, 1.54) is 0 Å². The molecule has 0 atom stereocenters. The first-order chi connectivity index (χ1) is 17.1. The number of ether oxygens (including phenoxy) is 2. The number of para-hydroxylation sites is 2. The number of methoxy groups -OCH3 is 2. The standard InChI is InChI=1S/C29H28N2O4/c1-17(16-32)12-13-20-25(21-14-30-23-10-6-4-8-18(21)23)29(35-3)27(33)26(28(20)34-2)22-15-31-24-11-7-5-9-19(22)24/h4-12,14-15,30-33H,13,16H2,1-3H3. The van der Waals surface area contributed by atoms with Crippen LogP contribution in [-0.4, -0.2) is 41.0 Å². The lowest BCUT2D eigenvalue weighted by atomic mass is 9.89. The number of aromatic amines is 2. The summed E-state index contributed by atoms with van der Waals surface area (Å²) in [5.41, 5.74) is 6.69. The van der Waals surface area contributed by atoms with Gasteiger partial charge in [0.2, 0.25) is 0 Å². The van der Waals surface area contributed by atoms with Gasteiger partial charge in [0.15, 0.2) is 11.5 Å². The van der Waals surface area contributed by atoms with Crippen molar-refractivity contribution in [2.45, 2.75) is 13.3 Å². The number of H-pyrrole nitrogens is 2. The molecule has 6 heteroatoms. The molecule has 6 nitrogen and oxygen atoms in total. The second kappa shape index (κ2) is 9.24. The quantitative estimate of drug-likeness (QED) is 0.215. The summed E-state index contributed by atoms with van der Waals surface area (Å²) in [7, 11) is 3.18. The second-order valence-electron chi connectivity index (χ2n) is 8.55. The van der Waals surface area contributed by atoms with E-state index in [1.54, 1.807) is 14.2 Å². The van der Waals surface area contributed by atoms with E-state index >= 15 is 0 Å². The van der Waals surface area contributed by atoms with Gasteiger partial charge < -0.3 is 29.7 Å². The largest absolute Gasteiger partial charge is 0.504 e. The molecule has 0 saturated carbocycles. The minimum atomic E-state index is -0.0325. The fourth-order valence-corrected chi connectivity index (χ4v) is 4.79. The van der Waals surface area contributed by atoms with Crippen LogP contribution in [0.15, 0.2) is 72.6 Å². The number of nitrogens with one attached hydrogen (secondary N) is 2. The number of aliphatic hydroxyl groups excluding tert-OH is 1. The highest BCUT2D eigenvalue weighted by Crippen LogP contribution is 2.54. The van der Waals surface area contributed by atoms with Gasteiger partial charge in [-0.2, -0.15) is 0 Å². The van der Waals surface area contributed by atoms with Gasteiger partial charge in [0.25, 0.3) is 0 Å². The van der Waals surface area contributed by atoms with E-state index in [0.717, 1.165) is 49.6 Å². The van der Waals surface area contributed by atoms with Crippen molar-refractivity contribution >= 4 is 21.8 Å². The molecule has 0 bridgehead atoms. The summed E-state index contributed by atoms with van der Waals surface area (Å²) < 4.78 is 11.9. The number of allylic oxidation sites excluding steroid dienone is 1. The molecule has 5 aromatic rings. The van der Waals surface area contributed by atoms with Gasteiger partial charge in [-0.1, -0.05) is 48.0 Å². The third-order valence-electron chi connectivity index (χ3n) is 6.51. The zero-order valence-electron chi connectivity index (χ0n) is 20.0. The van der Waals surface area contributed by atoms with Gasteiger partial charge in [-0.15, -0.1) is 0 Å². The van der Waals surface area contributed by atoms with Gasteiger partial charge in [0, 0.05) is 56.5 Å². The molecule has 0 spiro atoms. The number of hydrogen-bond donors (Lipinski definition) is 4. The maximum Gasteiger partial charge on any atom is 0.170 e. The van der Waals surface area contributed by atoms with Crippen molar-refractivity contribution in [2.75, 3.05) is 20.8 Å². The summed E-state index contributed by atoms with van der Waals surface area (Å²) >= 11 is 0. The minimum absolute atomic E-state index is 0.0148. The predicted octanol–water partition coefficient (Wildman–Crippen LogP) is 6.19. The second-order valence-corrected chi connectivity index (χ2v) is 8.55. The molecule has 0 unspecified atom stereocenters. The van der Waals surface area contributed by atoms with Gasteiger partial charge in [-0.05, 0) is 25.5 Å². The zero-order valence-corrected chi connectivity index (χ0v) is 20.0. The molecule has 0 aliphatic rings. The summed E-state index contributed by atoms with van der Waals surface area (Å²) in [6.07, 6.45) is 6.27. The number of aromatic hydroxyl groups is 1. The van der Waals surface area contributed by atoms with Crippen molar-refractivity contribution < 1.29 is 19.7 Å². The lowest BCUT2D eigenvalue weighted by Gasteiger charge is -2.22. The van der Waals surface area contributed by atoms with Crippen LogP contribution in [-0.2, 0) is 6.42 Å². The summed E-state index contributed by atoms with van der Waals surface area (Å²) in [5, 5.41) is 23.3. The van der Waals surface area contributed by atoms with E-state index in [0.29, 0.717) is 23.5 Å². The molecular formula is C29H28N2O4. The maximum absolute atomic E-state index is 11.6. The number of hydrogen-bond acceptors (Lipinski definition) is 4. The molecular weight excluding hydrogens is 440 g/mol. The average Bonchev–Trinajstić information content (AvgIpc) is 3.51. The summed E-state index contributed by atoms with van der Waals surface area (Å²) in [6.45, 7) is 1.85. The maximum atomic E-state index is 11.6. The van der Waals surface area contributed by atoms with Crippen molar-refractivity contribution in [1.29, 1.82) is 0 Å². The summed E-state index contributed by atoms with van der Waals surface area (Å²) in [5.74, 6) is 0.956. The summed E-state index contributed by atoms with van der Waals surface area (Å²) in [6, 6.07) is 16.0. The zero-order chi connectivity index (χ0) is 24.5. The van der Waals surface area contributed by atoms with Gasteiger partial charge in [-0.3, -0.25) is 0 Å². The van der Waals surface area contributed by atoms with E-state index < -0.39 is 0 Å². The van der Waals surface area contributed by atoms with Crippen LogP contribution < -0.4 is 9.47 Å². The molecule has 0 fully saturated rings. The lowest BCUT2D eigenvalue weighted by molar-refractivity contribution is 0.331.